The van der Waals surface area contributed by atoms with Crippen LogP contribution in [0.25, 0.3) is 16.3 Å². The predicted octanol–water partition coefficient (Wildman–Crippen LogP) is 3.76. The first-order valence-corrected chi connectivity index (χ1v) is 10.4. The van der Waals surface area contributed by atoms with Crippen molar-refractivity contribution < 1.29 is 14.3 Å². The molecule has 0 radical (unpaired) electrons. The van der Waals surface area contributed by atoms with Crippen molar-refractivity contribution in [1.29, 1.82) is 0 Å². The zero-order chi connectivity index (χ0) is 21.1. The third kappa shape index (κ3) is 3.86. The molecule has 0 aliphatic heterocycles. The highest BCUT2D eigenvalue weighted by Crippen LogP contribution is 2.25. The van der Waals surface area contributed by atoms with Gasteiger partial charge in [0.25, 0.3) is 5.91 Å². The summed E-state index contributed by atoms with van der Waals surface area (Å²) in [6.07, 6.45) is 0.640. The van der Waals surface area contributed by atoms with Gasteiger partial charge < -0.3 is 14.8 Å². The Balaban J connectivity index is 1.46. The molecule has 0 saturated carbocycles. The van der Waals surface area contributed by atoms with Crippen LogP contribution in [0, 0.1) is 6.92 Å². The largest absolute Gasteiger partial charge is 0.497 e. The second kappa shape index (κ2) is 8.54. The van der Waals surface area contributed by atoms with E-state index in [9.17, 15) is 4.79 Å². The van der Waals surface area contributed by atoms with Crippen LogP contribution in [-0.4, -0.2) is 41.3 Å². The van der Waals surface area contributed by atoms with Crippen molar-refractivity contribution in [2.75, 3.05) is 20.8 Å². The van der Waals surface area contributed by atoms with Crippen LogP contribution in [0.15, 0.2) is 47.8 Å². The van der Waals surface area contributed by atoms with Gasteiger partial charge in [-0.05, 0) is 24.6 Å². The topological polar surface area (TPSA) is 77.8 Å². The molecule has 1 amide bonds. The molecule has 0 atom stereocenters. The number of nitrogens with zero attached hydrogens (tertiary/aromatic N) is 3. The number of aromatic nitrogens is 3. The van der Waals surface area contributed by atoms with Crippen LogP contribution in [0.4, 0.5) is 0 Å². The highest BCUT2D eigenvalue weighted by Gasteiger charge is 2.15. The van der Waals surface area contributed by atoms with E-state index in [0.717, 1.165) is 21.8 Å². The van der Waals surface area contributed by atoms with E-state index in [1.54, 1.807) is 36.6 Å². The monoisotopic (exact) mass is 422 g/mol. The minimum atomic E-state index is -0.194. The predicted molar refractivity (Wildman–Crippen MR) is 117 cm³/mol. The van der Waals surface area contributed by atoms with Gasteiger partial charge in [0.05, 0.1) is 25.5 Å². The SMILES string of the molecule is COc1ccc(C(=O)NCCc2csc3nc(-c4ccccc4C)nn23)c(OC)c1. The maximum Gasteiger partial charge on any atom is 0.255 e. The normalized spacial score (nSPS) is 10.9. The van der Waals surface area contributed by atoms with Gasteiger partial charge in [0.2, 0.25) is 4.96 Å². The number of aryl methyl sites for hydroxylation is 1. The molecule has 0 unspecified atom stereocenters. The van der Waals surface area contributed by atoms with Crippen molar-refractivity contribution >= 4 is 22.2 Å². The molecule has 0 aliphatic carbocycles. The van der Waals surface area contributed by atoms with Gasteiger partial charge in [-0.2, -0.15) is 4.98 Å². The van der Waals surface area contributed by atoms with E-state index in [0.29, 0.717) is 35.9 Å². The Morgan fingerprint density at radius 3 is 2.77 bits per heavy atom. The lowest BCUT2D eigenvalue weighted by Gasteiger charge is -2.10. The Labute approximate surface area is 178 Å². The molecule has 154 valence electrons. The number of hydrogen-bond acceptors (Lipinski definition) is 6. The third-order valence-electron chi connectivity index (χ3n) is 4.86. The van der Waals surface area contributed by atoms with Crippen LogP contribution in [0.5, 0.6) is 11.5 Å². The summed E-state index contributed by atoms with van der Waals surface area (Å²) < 4.78 is 12.3. The second-order valence-corrected chi connectivity index (χ2v) is 7.58. The Bertz CT molecular complexity index is 1200. The molecule has 4 aromatic rings. The standard InChI is InChI=1S/C22H22N4O3S/c1-14-6-4-5-7-17(14)20-24-22-26(25-20)15(13-30-22)10-11-23-21(27)18-9-8-16(28-2)12-19(18)29-3/h4-9,12-13H,10-11H2,1-3H3,(H,23,27). The number of carbonyl (C=O) groups excluding carboxylic acids is 1. The summed E-state index contributed by atoms with van der Waals surface area (Å²) in [5, 5.41) is 9.65. The Kier molecular flexibility index (Phi) is 5.67. The number of carbonyl (C=O) groups is 1. The maximum absolute atomic E-state index is 12.6. The lowest BCUT2D eigenvalue weighted by atomic mass is 10.1. The van der Waals surface area contributed by atoms with Crippen molar-refractivity contribution in [3.8, 4) is 22.9 Å². The number of thiazole rings is 1. The Hall–Kier alpha value is -3.39. The van der Waals surface area contributed by atoms with Gasteiger partial charge in [-0.15, -0.1) is 16.4 Å². The Morgan fingerprint density at radius 2 is 2.00 bits per heavy atom. The zero-order valence-electron chi connectivity index (χ0n) is 17.0. The van der Waals surface area contributed by atoms with Crippen molar-refractivity contribution in [3.05, 3.63) is 64.7 Å². The summed E-state index contributed by atoms with van der Waals surface area (Å²) in [6.45, 7) is 2.52. The maximum atomic E-state index is 12.6. The molecular weight excluding hydrogens is 400 g/mol. The smallest absolute Gasteiger partial charge is 0.255 e. The number of rotatable bonds is 7. The van der Waals surface area contributed by atoms with E-state index >= 15 is 0 Å². The minimum Gasteiger partial charge on any atom is -0.497 e. The molecular formula is C22H22N4O3S. The van der Waals surface area contributed by atoms with Crippen LogP contribution < -0.4 is 14.8 Å². The molecule has 4 rings (SSSR count). The van der Waals surface area contributed by atoms with E-state index in [2.05, 4.69) is 15.4 Å². The summed E-state index contributed by atoms with van der Waals surface area (Å²) in [4.78, 5) is 18.1. The number of benzene rings is 2. The quantitative estimate of drug-likeness (QED) is 0.491. The molecule has 0 fully saturated rings. The minimum absolute atomic E-state index is 0.194. The van der Waals surface area contributed by atoms with Gasteiger partial charge >= 0.3 is 0 Å². The number of nitrogens with one attached hydrogen (secondary N) is 1. The van der Waals surface area contributed by atoms with Gasteiger partial charge in [0, 0.05) is 30.0 Å². The molecule has 0 spiro atoms. The van der Waals surface area contributed by atoms with Crippen molar-refractivity contribution in [3.63, 3.8) is 0 Å². The number of methoxy groups -OCH3 is 2. The fraction of sp³-hybridized carbons (Fsp3) is 0.227. The molecule has 2 heterocycles. The van der Waals surface area contributed by atoms with Crippen LogP contribution in [0.1, 0.15) is 21.6 Å². The molecule has 0 aliphatic rings. The highest BCUT2D eigenvalue weighted by molar-refractivity contribution is 7.15. The molecule has 0 bridgehead atoms. The molecule has 7 nitrogen and oxygen atoms in total. The van der Waals surface area contributed by atoms with Crippen LogP contribution in [-0.2, 0) is 6.42 Å². The fourth-order valence-corrected chi connectivity index (χ4v) is 4.08. The van der Waals surface area contributed by atoms with Crippen molar-refractivity contribution in [2.24, 2.45) is 0 Å². The zero-order valence-corrected chi connectivity index (χ0v) is 17.8. The van der Waals surface area contributed by atoms with Gasteiger partial charge in [0.1, 0.15) is 11.5 Å². The van der Waals surface area contributed by atoms with Crippen molar-refractivity contribution in [1.82, 2.24) is 19.9 Å². The van der Waals surface area contributed by atoms with Crippen molar-refractivity contribution in [2.45, 2.75) is 13.3 Å². The number of hydrogen-bond donors (Lipinski definition) is 1. The molecule has 2 aromatic carbocycles. The van der Waals surface area contributed by atoms with E-state index in [1.807, 2.05) is 41.1 Å². The lowest BCUT2D eigenvalue weighted by Crippen LogP contribution is -2.26. The molecule has 8 heteroatoms. The Morgan fingerprint density at radius 1 is 1.17 bits per heavy atom. The van der Waals surface area contributed by atoms with E-state index in [4.69, 9.17) is 9.47 Å². The summed E-state index contributed by atoms with van der Waals surface area (Å²) >= 11 is 1.54. The summed E-state index contributed by atoms with van der Waals surface area (Å²) in [7, 11) is 3.11. The molecule has 30 heavy (non-hydrogen) atoms. The first-order chi connectivity index (χ1) is 14.6. The van der Waals surface area contributed by atoms with Gasteiger partial charge in [-0.25, -0.2) is 4.52 Å². The van der Waals surface area contributed by atoms with E-state index < -0.39 is 0 Å². The molecule has 2 aromatic heterocycles. The molecule has 0 saturated heterocycles. The average Bonchev–Trinajstić information content (AvgIpc) is 3.35. The average molecular weight is 423 g/mol. The first-order valence-electron chi connectivity index (χ1n) is 9.50. The first kappa shape index (κ1) is 19.9. The third-order valence-corrected chi connectivity index (χ3v) is 5.72. The van der Waals surface area contributed by atoms with Gasteiger partial charge in [0.15, 0.2) is 5.82 Å². The van der Waals surface area contributed by atoms with E-state index in [1.165, 1.54) is 7.11 Å². The second-order valence-electron chi connectivity index (χ2n) is 6.74. The van der Waals surface area contributed by atoms with Gasteiger partial charge in [-0.3, -0.25) is 4.79 Å². The summed E-state index contributed by atoms with van der Waals surface area (Å²) in [6, 6.07) is 13.2. The lowest BCUT2D eigenvalue weighted by molar-refractivity contribution is 0.0951. The fourth-order valence-electron chi connectivity index (χ4n) is 3.22. The van der Waals surface area contributed by atoms with Crippen LogP contribution >= 0.6 is 11.3 Å². The summed E-state index contributed by atoms with van der Waals surface area (Å²) in [5.74, 6) is 1.64. The van der Waals surface area contributed by atoms with Crippen LogP contribution in [0.2, 0.25) is 0 Å². The molecule has 1 N–H and O–H groups in total. The highest BCUT2D eigenvalue weighted by atomic mass is 32.1. The number of ether oxygens (including phenoxy) is 2. The number of amides is 1. The number of fused-ring (bicyclic) bond motifs is 1. The summed E-state index contributed by atoms with van der Waals surface area (Å²) in [5.41, 5.74) is 3.64. The van der Waals surface area contributed by atoms with Gasteiger partial charge in [-0.1, -0.05) is 24.3 Å². The van der Waals surface area contributed by atoms with Crippen LogP contribution in [0.3, 0.4) is 0 Å². The van der Waals surface area contributed by atoms with E-state index in [-0.39, 0.29) is 5.91 Å².